The van der Waals surface area contributed by atoms with Crippen LogP contribution in [-0.4, -0.2) is 25.8 Å². The SMILES string of the molecule is CCOc1cc(C(=O)Oc2ccc3c(=O)c(-c4ccccc4Cl)coc3c2)cc(OCC)c1OCC. The molecule has 0 saturated carbocycles. The summed E-state index contributed by atoms with van der Waals surface area (Å²) in [6.45, 7) is 6.68. The first-order valence-corrected chi connectivity index (χ1v) is 11.9. The number of hydrogen-bond acceptors (Lipinski definition) is 7. The van der Waals surface area contributed by atoms with Gasteiger partial charge >= 0.3 is 5.97 Å². The van der Waals surface area contributed by atoms with Crippen LogP contribution in [0.2, 0.25) is 5.02 Å². The molecule has 1 aromatic heterocycles. The summed E-state index contributed by atoms with van der Waals surface area (Å²) in [6.07, 6.45) is 1.35. The van der Waals surface area contributed by atoms with Gasteiger partial charge in [-0.05, 0) is 51.1 Å². The number of rotatable bonds is 9. The molecule has 4 aromatic rings. The Balaban J connectivity index is 1.66. The normalized spacial score (nSPS) is 10.8. The third-order valence-electron chi connectivity index (χ3n) is 5.27. The van der Waals surface area contributed by atoms with Crippen molar-refractivity contribution in [2.75, 3.05) is 19.8 Å². The minimum atomic E-state index is -0.630. The van der Waals surface area contributed by atoms with Gasteiger partial charge in [0.15, 0.2) is 11.5 Å². The number of carbonyl (C=O) groups is 1. The highest BCUT2D eigenvalue weighted by Crippen LogP contribution is 2.39. The van der Waals surface area contributed by atoms with Crippen LogP contribution < -0.4 is 24.4 Å². The number of carbonyl (C=O) groups excluding carboxylic acids is 1. The molecule has 1 heterocycles. The van der Waals surface area contributed by atoms with Crippen molar-refractivity contribution in [1.82, 2.24) is 0 Å². The van der Waals surface area contributed by atoms with E-state index in [0.29, 0.717) is 58.6 Å². The first kappa shape index (κ1) is 25.1. The molecule has 0 atom stereocenters. The second-order valence-corrected chi connectivity index (χ2v) is 8.01. The third-order valence-corrected chi connectivity index (χ3v) is 5.60. The van der Waals surface area contributed by atoms with Gasteiger partial charge in [0.25, 0.3) is 0 Å². The maximum absolute atomic E-state index is 13.1. The van der Waals surface area contributed by atoms with Gasteiger partial charge < -0.3 is 23.4 Å². The van der Waals surface area contributed by atoms with Crippen LogP contribution in [0.1, 0.15) is 31.1 Å². The molecular weight excluding hydrogens is 484 g/mol. The number of ether oxygens (including phenoxy) is 4. The standard InChI is InChI=1S/C28H25ClO7/c1-4-32-24-13-17(14-25(33-5-2)27(24)34-6-3)28(31)36-18-11-12-20-23(15-18)35-16-21(26(20)30)19-9-7-8-10-22(19)29/h7-16H,4-6H2,1-3H3. The van der Waals surface area contributed by atoms with Crippen LogP contribution in [0.25, 0.3) is 22.1 Å². The molecule has 0 aliphatic heterocycles. The van der Waals surface area contributed by atoms with Crippen LogP contribution in [0, 0.1) is 0 Å². The molecule has 7 nitrogen and oxygen atoms in total. The van der Waals surface area contributed by atoms with E-state index in [2.05, 4.69) is 0 Å². The Kier molecular flexibility index (Phi) is 7.80. The highest BCUT2D eigenvalue weighted by atomic mass is 35.5. The minimum Gasteiger partial charge on any atom is -0.490 e. The topological polar surface area (TPSA) is 84.2 Å². The maximum Gasteiger partial charge on any atom is 0.343 e. The van der Waals surface area contributed by atoms with Crippen molar-refractivity contribution in [3.8, 4) is 34.1 Å². The first-order valence-electron chi connectivity index (χ1n) is 11.6. The van der Waals surface area contributed by atoms with E-state index in [1.165, 1.54) is 18.4 Å². The monoisotopic (exact) mass is 508 g/mol. The van der Waals surface area contributed by atoms with Gasteiger partial charge in [0.05, 0.1) is 36.3 Å². The quantitative estimate of drug-likeness (QED) is 0.188. The van der Waals surface area contributed by atoms with Crippen molar-refractivity contribution >= 4 is 28.5 Å². The van der Waals surface area contributed by atoms with Gasteiger partial charge in [0, 0.05) is 16.7 Å². The molecule has 0 aliphatic rings. The summed E-state index contributed by atoms with van der Waals surface area (Å²) >= 11 is 6.25. The van der Waals surface area contributed by atoms with Crippen molar-refractivity contribution in [1.29, 1.82) is 0 Å². The second-order valence-electron chi connectivity index (χ2n) is 7.61. The predicted octanol–water partition coefficient (Wildman–Crippen LogP) is 6.53. The lowest BCUT2D eigenvalue weighted by atomic mass is 10.1. The summed E-state index contributed by atoms with van der Waals surface area (Å²) in [5, 5.41) is 0.786. The Hall–Kier alpha value is -3.97. The van der Waals surface area contributed by atoms with Crippen LogP contribution in [0.5, 0.6) is 23.0 Å². The van der Waals surface area contributed by atoms with E-state index in [9.17, 15) is 9.59 Å². The number of halogens is 1. The fraction of sp³-hybridized carbons (Fsp3) is 0.214. The fourth-order valence-corrected chi connectivity index (χ4v) is 3.95. The van der Waals surface area contributed by atoms with E-state index in [1.54, 1.807) is 42.5 Å². The summed E-state index contributed by atoms with van der Waals surface area (Å²) in [5.74, 6) is 0.780. The van der Waals surface area contributed by atoms with E-state index in [1.807, 2.05) is 20.8 Å². The molecule has 0 N–H and O–H groups in total. The summed E-state index contributed by atoms with van der Waals surface area (Å²) in [5.41, 5.74) is 1.19. The summed E-state index contributed by atoms with van der Waals surface area (Å²) in [4.78, 5) is 26.0. The average Bonchev–Trinajstić information content (AvgIpc) is 2.87. The van der Waals surface area contributed by atoms with E-state index in [0.717, 1.165) is 0 Å². The smallest absolute Gasteiger partial charge is 0.343 e. The molecule has 0 unspecified atom stereocenters. The highest BCUT2D eigenvalue weighted by Gasteiger charge is 2.20. The Morgan fingerprint density at radius 3 is 2.17 bits per heavy atom. The molecule has 0 spiro atoms. The lowest BCUT2D eigenvalue weighted by molar-refractivity contribution is 0.0733. The van der Waals surface area contributed by atoms with E-state index >= 15 is 0 Å². The van der Waals surface area contributed by atoms with E-state index < -0.39 is 5.97 Å². The summed E-state index contributed by atoms with van der Waals surface area (Å²) < 4.78 is 28.3. The number of hydrogen-bond donors (Lipinski definition) is 0. The zero-order chi connectivity index (χ0) is 25.7. The molecule has 4 rings (SSSR count). The van der Waals surface area contributed by atoms with Crippen LogP contribution in [0.4, 0.5) is 0 Å². The molecule has 8 heteroatoms. The number of benzene rings is 3. The van der Waals surface area contributed by atoms with Gasteiger partial charge in [-0.25, -0.2) is 4.79 Å². The van der Waals surface area contributed by atoms with E-state index in [-0.39, 0.29) is 22.3 Å². The molecular formula is C28H25ClO7. The van der Waals surface area contributed by atoms with Crippen molar-refractivity contribution in [2.24, 2.45) is 0 Å². The molecule has 0 saturated heterocycles. The first-order chi connectivity index (χ1) is 17.5. The lowest BCUT2D eigenvalue weighted by Gasteiger charge is -2.16. The van der Waals surface area contributed by atoms with Gasteiger partial charge in [0.1, 0.15) is 17.6 Å². The lowest BCUT2D eigenvalue weighted by Crippen LogP contribution is -2.11. The Bertz CT molecular complexity index is 1430. The van der Waals surface area contributed by atoms with Gasteiger partial charge in [-0.3, -0.25) is 4.79 Å². The zero-order valence-corrected chi connectivity index (χ0v) is 20.9. The van der Waals surface area contributed by atoms with Crippen LogP contribution in [0.3, 0.4) is 0 Å². The molecule has 0 aliphatic carbocycles. The minimum absolute atomic E-state index is 0.214. The Labute approximate surface area is 213 Å². The Morgan fingerprint density at radius 1 is 0.861 bits per heavy atom. The van der Waals surface area contributed by atoms with Gasteiger partial charge in [0.2, 0.25) is 11.2 Å². The van der Waals surface area contributed by atoms with Crippen molar-refractivity contribution in [3.63, 3.8) is 0 Å². The fourth-order valence-electron chi connectivity index (χ4n) is 3.71. The molecule has 0 bridgehead atoms. The Morgan fingerprint density at radius 2 is 1.53 bits per heavy atom. The van der Waals surface area contributed by atoms with Gasteiger partial charge in [-0.2, -0.15) is 0 Å². The van der Waals surface area contributed by atoms with Crippen LogP contribution >= 0.6 is 11.6 Å². The van der Waals surface area contributed by atoms with Crippen LogP contribution in [-0.2, 0) is 0 Å². The van der Waals surface area contributed by atoms with Crippen molar-refractivity contribution in [3.05, 3.63) is 81.7 Å². The molecule has 186 valence electrons. The summed E-state index contributed by atoms with van der Waals surface area (Å²) in [7, 11) is 0. The van der Waals surface area contributed by atoms with Crippen LogP contribution in [0.15, 0.2) is 70.1 Å². The average molecular weight is 509 g/mol. The highest BCUT2D eigenvalue weighted by molar-refractivity contribution is 6.33. The van der Waals surface area contributed by atoms with Gasteiger partial charge in [-0.15, -0.1) is 0 Å². The third kappa shape index (κ3) is 5.16. The van der Waals surface area contributed by atoms with Gasteiger partial charge in [-0.1, -0.05) is 29.8 Å². The maximum atomic E-state index is 13.1. The van der Waals surface area contributed by atoms with E-state index in [4.69, 9.17) is 35.0 Å². The zero-order valence-electron chi connectivity index (χ0n) is 20.1. The predicted molar refractivity (Wildman–Crippen MR) is 138 cm³/mol. The van der Waals surface area contributed by atoms with Crippen molar-refractivity contribution < 1.29 is 28.2 Å². The molecule has 0 radical (unpaired) electrons. The molecule has 0 fully saturated rings. The number of fused-ring (bicyclic) bond motifs is 1. The molecule has 3 aromatic carbocycles. The number of esters is 1. The molecule has 0 amide bonds. The molecule has 36 heavy (non-hydrogen) atoms. The largest absolute Gasteiger partial charge is 0.490 e. The second kappa shape index (κ2) is 11.2. The van der Waals surface area contributed by atoms with Crippen molar-refractivity contribution in [2.45, 2.75) is 20.8 Å². The summed E-state index contributed by atoms with van der Waals surface area (Å²) in [6, 6.07) is 14.7.